The van der Waals surface area contributed by atoms with Crippen molar-refractivity contribution >= 4 is 34.7 Å². The van der Waals surface area contributed by atoms with Crippen LogP contribution in [0.3, 0.4) is 0 Å². The first-order valence-electron chi connectivity index (χ1n) is 12.5. The van der Waals surface area contributed by atoms with Gasteiger partial charge in [0, 0.05) is 24.6 Å². The maximum atomic E-state index is 13.2. The average Bonchev–Trinajstić information content (AvgIpc) is 3.71. The number of aromatic nitrogens is 3. The van der Waals surface area contributed by atoms with Gasteiger partial charge in [-0.1, -0.05) is 36.4 Å². The van der Waals surface area contributed by atoms with E-state index in [1.165, 1.54) is 18.1 Å². The highest BCUT2D eigenvalue weighted by atomic mass is 16.5. The van der Waals surface area contributed by atoms with Crippen LogP contribution in [0.1, 0.15) is 34.3 Å². The summed E-state index contributed by atoms with van der Waals surface area (Å²) in [6.07, 6.45) is 4.35. The van der Waals surface area contributed by atoms with Gasteiger partial charge in [0.15, 0.2) is 0 Å². The number of nitrogens with one attached hydrogen (secondary N) is 3. The van der Waals surface area contributed by atoms with Gasteiger partial charge in [-0.15, -0.1) is 0 Å². The summed E-state index contributed by atoms with van der Waals surface area (Å²) in [5.41, 5.74) is 3.68. The third kappa shape index (κ3) is 4.30. The molecule has 3 aliphatic rings. The number of likely N-dealkylation sites (tertiary alicyclic amines) is 1. The summed E-state index contributed by atoms with van der Waals surface area (Å²) >= 11 is 0. The Morgan fingerprint density at radius 2 is 2.00 bits per heavy atom. The highest BCUT2D eigenvalue weighted by molar-refractivity contribution is 6.36. The van der Waals surface area contributed by atoms with Crippen LogP contribution in [0.4, 0.5) is 5.69 Å². The summed E-state index contributed by atoms with van der Waals surface area (Å²) in [5, 5.41) is 14.1. The number of hydrogen-bond donors (Lipinski definition) is 3. The number of amides is 2. The van der Waals surface area contributed by atoms with Crippen LogP contribution in [0.15, 0.2) is 61.2 Å². The van der Waals surface area contributed by atoms with Gasteiger partial charge in [0.1, 0.15) is 19.2 Å². The van der Waals surface area contributed by atoms with E-state index in [1.807, 2.05) is 35.2 Å². The molecule has 11 heteroatoms. The number of rotatable bonds is 6. The summed E-state index contributed by atoms with van der Waals surface area (Å²) in [4.78, 5) is 44.1. The van der Waals surface area contributed by atoms with Crippen molar-refractivity contribution in [1.82, 2.24) is 30.3 Å². The van der Waals surface area contributed by atoms with Gasteiger partial charge in [-0.2, -0.15) is 5.10 Å². The zero-order valence-corrected chi connectivity index (χ0v) is 20.8. The van der Waals surface area contributed by atoms with E-state index in [0.29, 0.717) is 41.1 Å². The smallest absolute Gasteiger partial charge is 0.337 e. The predicted molar refractivity (Wildman–Crippen MR) is 138 cm³/mol. The zero-order chi connectivity index (χ0) is 26.2. The summed E-state index contributed by atoms with van der Waals surface area (Å²) < 4.78 is 6.36. The van der Waals surface area contributed by atoms with Gasteiger partial charge in [0.2, 0.25) is 5.91 Å². The lowest BCUT2D eigenvalue weighted by atomic mass is 9.99. The molecular weight excluding hydrogens is 486 g/mol. The normalized spacial score (nSPS) is 23.0. The van der Waals surface area contributed by atoms with Crippen LogP contribution < -0.4 is 16.0 Å². The molecule has 6 rings (SSSR count). The quantitative estimate of drug-likeness (QED) is 0.334. The van der Waals surface area contributed by atoms with E-state index in [-0.39, 0.29) is 36.6 Å². The molecule has 194 valence electrons. The van der Waals surface area contributed by atoms with Gasteiger partial charge in [0.25, 0.3) is 5.91 Å². The Bertz CT molecular complexity index is 1420. The van der Waals surface area contributed by atoms with Crippen LogP contribution in [0.2, 0.25) is 0 Å². The number of ether oxygens (including phenoxy) is 1. The molecule has 2 aromatic carbocycles. The first-order valence-corrected chi connectivity index (χ1v) is 12.5. The van der Waals surface area contributed by atoms with Crippen LogP contribution in [0, 0.1) is 0 Å². The monoisotopic (exact) mass is 513 g/mol. The van der Waals surface area contributed by atoms with E-state index in [4.69, 9.17) is 4.74 Å². The topological polar surface area (TPSA) is 130 Å². The summed E-state index contributed by atoms with van der Waals surface area (Å²) in [7, 11) is 1.32. The van der Waals surface area contributed by atoms with Crippen LogP contribution in [-0.4, -0.2) is 69.4 Å². The number of benzene rings is 2. The number of fused-ring (bicyclic) bond motifs is 2. The lowest BCUT2D eigenvalue weighted by Crippen LogP contribution is -2.40. The molecule has 2 amide bonds. The minimum Gasteiger partial charge on any atom is -0.465 e. The average molecular weight is 514 g/mol. The molecule has 2 saturated heterocycles. The molecule has 3 aromatic rings. The maximum Gasteiger partial charge on any atom is 0.337 e. The number of carbonyl (C=O) groups is 3. The number of esters is 1. The molecule has 1 aromatic heterocycles. The fourth-order valence-electron chi connectivity index (χ4n) is 5.61. The largest absolute Gasteiger partial charge is 0.465 e. The van der Waals surface area contributed by atoms with Crippen molar-refractivity contribution in [2.75, 3.05) is 19.0 Å². The Morgan fingerprint density at radius 3 is 2.76 bits per heavy atom. The Kier molecular flexibility index (Phi) is 6.12. The number of nitrogens with zero attached hydrogens (tertiary/aromatic N) is 4. The third-order valence-corrected chi connectivity index (χ3v) is 7.34. The van der Waals surface area contributed by atoms with Crippen LogP contribution in [-0.2, 0) is 20.9 Å². The second-order valence-electron chi connectivity index (χ2n) is 9.56. The van der Waals surface area contributed by atoms with Crippen molar-refractivity contribution in [3.8, 4) is 0 Å². The molecule has 0 spiro atoms. The molecule has 38 heavy (non-hydrogen) atoms. The minimum absolute atomic E-state index is 0.0117. The van der Waals surface area contributed by atoms with Gasteiger partial charge < -0.3 is 20.3 Å². The molecule has 0 saturated carbocycles. The Labute approximate surface area is 218 Å². The highest BCUT2D eigenvalue weighted by Crippen LogP contribution is 2.38. The van der Waals surface area contributed by atoms with E-state index in [9.17, 15) is 14.4 Å². The van der Waals surface area contributed by atoms with Gasteiger partial charge in [-0.05, 0) is 24.1 Å². The van der Waals surface area contributed by atoms with Crippen LogP contribution in [0.5, 0.6) is 0 Å². The SMILES string of the molecule is COC(=O)c1ccc2c(c1)NC(=O)/C2=C(\NC1CC2C(CCN2C(=O)Cn2cncn2)N1)c1ccccc1. The van der Waals surface area contributed by atoms with Crippen molar-refractivity contribution in [2.45, 2.75) is 37.6 Å². The lowest BCUT2D eigenvalue weighted by Gasteiger charge is -2.24. The molecule has 0 bridgehead atoms. The van der Waals surface area contributed by atoms with Gasteiger partial charge in [-0.25, -0.2) is 14.5 Å². The van der Waals surface area contributed by atoms with Crippen molar-refractivity contribution in [2.24, 2.45) is 0 Å². The zero-order valence-electron chi connectivity index (χ0n) is 20.8. The highest BCUT2D eigenvalue weighted by Gasteiger charge is 2.44. The molecule has 3 unspecified atom stereocenters. The minimum atomic E-state index is -0.467. The Hall–Kier alpha value is -4.51. The van der Waals surface area contributed by atoms with E-state index < -0.39 is 5.97 Å². The van der Waals surface area contributed by atoms with Gasteiger partial charge in [0.05, 0.1) is 41.8 Å². The van der Waals surface area contributed by atoms with E-state index in [0.717, 1.165) is 12.0 Å². The van der Waals surface area contributed by atoms with E-state index >= 15 is 0 Å². The van der Waals surface area contributed by atoms with E-state index in [1.54, 1.807) is 24.5 Å². The first-order chi connectivity index (χ1) is 18.5. The van der Waals surface area contributed by atoms with Crippen molar-refractivity contribution in [1.29, 1.82) is 0 Å². The van der Waals surface area contributed by atoms with Crippen LogP contribution in [0.25, 0.3) is 11.3 Å². The predicted octanol–water partition coefficient (Wildman–Crippen LogP) is 1.46. The lowest BCUT2D eigenvalue weighted by molar-refractivity contribution is -0.132. The molecule has 3 aliphatic heterocycles. The number of hydrogen-bond acceptors (Lipinski definition) is 8. The standard InChI is InChI=1S/C27H27N7O4/c1-38-27(37)17-7-8-18-20(11-17)31-26(36)24(18)25(16-5-3-2-4-6-16)32-22-12-21-19(30-22)9-10-34(21)23(35)13-33-15-28-14-29-33/h2-8,11,14-15,19,21-22,30,32H,9-10,12-13H2,1H3,(H,31,36)/b25-24-. The molecule has 0 aliphatic carbocycles. The fraction of sp³-hybridized carbons (Fsp3) is 0.296. The van der Waals surface area contributed by atoms with Crippen molar-refractivity contribution in [3.63, 3.8) is 0 Å². The molecule has 4 heterocycles. The molecule has 3 atom stereocenters. The van der Waals surface area contributed by atoms with Gasteiger partial charge in [-0.3, -0.25) is 14.9 Å². The molecule has 3 N–H and O–H groups in total. The molecular formula is C27H27N7O4. The van der Waals surface area contributed by atoms with E-state index in [2.05, 4.69) is 26.0 Å². The maximum absolute atomic E-state index is 13.2. The summed E-state index contributed by atoms with van der Waals surface area (Å²) in [6.45, 7) is 0.846. The second kappa shape index (κ2) is 9.75. The van der Waals surface area contributed by atoms with Crippen molar-refractivity contribution in [3.05, 3.63) is 77.9 Å². The number of carbonyl (C=O) groups excluding carboxylic acids is 3. The fourth-order valence-corrected chi connectivity index (χ4v) is 5.61. The summed E-state index contributed by atoms with van der Waals surface area (Å²) in [5.74, 6) is -0.709. The third-order valence-electron chi connectivity index (χ3n) is 7.34. The first kappa shape index (κ1) is 23.9. The second-order valence-corrected chi connectivity index (χ2v) is 9.56. The van der Waals surface area contributed by atoms with Crippen LogP contribution >= 0.6 is 0 Å². The molecule has 11 nitrogen and oxygen atoms in total. The molecule has 0 radical (unpaired) electrons. The summed E-state index contributed by atoms with van der Waals surface area (Å²) in [6, 6.07) is 14.9. The Balaban J connectivity index is 1.28. The molecule has 2 fully saturated rings. The number of anilines is 1. The Morgan fingerprint density at radius 1 is 1.16 bits per heavy atom. The number of methoxy groups -OCH3 is 1. The van der Waals surface area contributed by atoms with Gasteiger partial charge >= 0.3 is 5.97 Å². The van der Waals surface area contributed by atoms with Crippen molar-refractivity contribution < 1.29 is 19.1 Å².